The van der Waals surface area contributed by atoms with Gasteiger partial charge in [-0.25, -0.2) is 14.8 Å². The van der Waals surface area contributed by atoms with Crippen LogP contribution in [-0.2, 0) is 4.74 Å². The number of carbonyl (C=O) groups is 1. The van der Waals surface area contributed by atoms with E-state index in [9.17, 15) is 18.0 Å². The molecule has 2 aromatic heterocycles. The van der Waals surface area contributed by atoms with Crippen molar-refractivity contribution in [3.8, 4) is 5.75 Å². The third kappa shape index (κ3) is 5.73. The molecule has 0 amide bonds. The molecule has 0 aliphatic rings. The van der Waals surface area contributed by atoms with Gasteiger partial charge in [0.15, 0.2) is 5.65 Å². The van der Waals surface area contributed by atoms with Crippen molar-refractivity contribution in [2.75, 3.05) is 5.32 Å². The highest BCUT2D eigenvalue weighted by Gasteiger charge is 2.31. The average molecular weight is 442 g/mol. The number of hydrogen-bond donors (Lipinski definition) is 1. The van der Waals surface area contributed by atoms with E-state index in [-0.39, 0.29) is 29.8 Å². The molecule has 0 fully saturated rings. The molecule has 1 N–H and O–H groups in total. The predicted octanol–water partition coefficient (Wildman–Crippen LogP) is 5.57. The summed E-state index contributed by atoms with van der Waals surface area (Å²) in [7, 11) is 0. The van der Waals surface area contributed by atoms with Crippen LogP contribution in [0.3, 0.4) is 0 Å². The first-order chi connectivity index (χ1) is 13.6. The van der Waals surface area contributed by atoms with E-state index < -0.39 is 12.3 Å². The van der Waals surface area contributed by atoms with E-state index in [1.807, 2.05) is 0 Å². The Morgan fingerprint density at radius 1 is 1.17 bits per heavy atom. The van der Waals surface area contributed by atoms with Crippen LogP contribution in [0.4, 0.5) is 24.5 Å². The maximum atomic E-state index is 12.5. The largest absolute Gasteiger partial charge is 0.573 e. The van der Waals surface area contributed by atoms with Gasteiger partial charge in [0, 0.05) is 29.0 Å². The molecule has 160 valence electrons. The first-order valence-electron chi connectivity index (χ1n) is 8.72. The van der Waals surface area contributed by atoms with Gasteiger partial charge in [0.05, 0.1) is 11.8 Å². The first kappa shape index (κ1) is 23.2. The Morgan fingerprint density at radius 2 is 1.90 bits per heavy atom. The van der Waals surface area contributed by atoms with Crippen LogP contribution in [0.15, 0.2) is 42.6 Å². The summed E-state index contributed by atoms with van der Waals surface area (Å²) >= 11 is 0. The Morgan fingerprint density at radius 3 is 2.57 bits per heavy atom. The van der Waals surface area contributed by atoms with Crippen LogP contribution in [0.5, 0.6) is 5.75 Å². The van der Waals surface area contributed by atoms with Crippen molar-refractivity contribution in [2.45, 2.75) is 33.2 Å². The maximum absolute atomic E-state index is 12.5. The number of carbonyl (C=O) groups excluding carboxylic acids is 1. The van der Waals surface area contributed by atoms with E-state index in [0.29, 0.717) is 22.4 Å². The number of aromatic nitrogens is 2. The Balaban J connectivity index is 0.00000320. The number of nitrogens with one attached hydrogen (secondary N) is 1. The molecule has 30 heavy (non-hydrogen) atoms. The normalized spacial score (nSPS) is 11.2. The van der Waals surface area contributed by atoms with Crippen LogP contribution in [0.2, 0.25) is 0 Å². The van der Waals surface area contributed by atoms with Gasteiger partial charge in [-0.15, -0.1) is 25.6 Å². The van der Waals surface area contributed by atoms with Gasteiger partial charge >= 0.3 is 12.3 Å². The molecule has 0 atom stereocenters. The van der Waals surface area contributed by atoms with E-state index >= 15 is 0 Å². The van der Waals surface area contributed by atoms with Crippen molar-refractivity contribution >= 4 is 40.8 Å². The molecule has 0 aliphatic carbocycles. The number of pyridine rings is 2. The summed E-state index contributed by atoms with van der Waals surface area (Å²) in [4.78, 5) is 21.1. The van der Waals surface area contributed by atoms with Crippen LogP contribution < -0.4 is 10.1 Å². The van der Waals surface area contributed by atoms with E-state index in [1.54, 1.807) is 39.0 Å². The molecular weight excluding hydrogens is 423 g/mol. The van der Waals surface area contributed by atoms with Gasteiger partial charge in [0.2, 0.25) is 0 Å². The van der Waals surface area contributed by atoms with Crippen molar-refractivity contribution in [1.82, 2.24) is 9.97 Å². The van der Waals surface area contributed by atoms with Crippen LogP contribution in [-0.4, -0.2) is 28.4 Å². The smallest absolute Gasteiger partial charge is 0.459 e. The van der Waals surface area contributed by atoms with Crippen molar-refractivity contribution < 1.29 is 27.4 Å². The number of ether oxygens (including phenoxy) is 2. The fourth-order valence-electron chi connectivity index (χ4n) is 2.65. The molecule has 3 rings (SSSR count). The molecule has 2 heterocycles. The summed E-state index contributed by atoms with van der Waals surface area (Å²) in [5.74, 6) is -0.999. The number of benzene rings is 1. The van der Waals surface area contributed by atoms with E-state index in [2.05, 4.69) is 20.0 Å². The monoisotopic (exact) mass is 441 g/mol. The van der Waals surface area contributed by atoms with E-state index in [4.69, 9.17) is 4.74 Å². The number of rotatable bonds is 5. The van der Waals surface area contributed by atoms with Crippen LogP contribution in [0, 0.1) is 6.92 Å². The van der Waals surface area contributed by atoms with Gasteiger partial charge in [-0.05, 0) is 45.0 Å². The molecule has 0 spiro atoms. The SMILES string of the molecule is Cc1ccc2c(Nc3cccc(OC(F)(F)F)c3)c(C(=O)OC(C)C)cnc2n1.Cl. The summed E-state index contributed by atoms with van der Waals surface area (Å²) < 4.78 is 46.8. The van der Waals surface area contributed by atoms with Gasteiger partial charge in [-0.3, -0.25) is 0 Å². The molecule has 1 aromatic carbocycles. The Labute approximate surface area is 176 Å². The second-order valence-electron chi connectivity index (χ2n) is 6.53. The van der Waals surface area contributed by atoms with E-state index in [1.165, 1.54) is 24.4 Å². The minimum absolute atomic E-state index is 0. The zero-order chi connectivity index (χ0) is 21.2. The number of aryl methyl sites for hydroxylation is 1. The molecule has 0 unspecified atom stereocenters. The Kier molecular flexibility index (Phi) is 7.09. The molecule has 6 nitrogen and oxygen atoms in total. The Bertz CT molecular complexity index is 1060. The highest BCUT2D eigenvalue weighted by atomic mass is 35.5. The highest BCUT2D eigenvalue weighted by Crippen LogP contribution is 2.32. The van der Waals surface area contributed by atoms with Crippen molar-refractivity contribution in [3.63, 3.8) is 0 Å². The zero-order valence-electron chi connectivity index (χ0n) is 16.3. The van der Waals surface area contributed by atoms with Crippen molar-refractivity contribution in [3.05, 3.63) is 53.9 Å². The second-order valence-corrected chi connectivity index (χ2v) is 6.53. The summed E-state index contributed by atoms with van der Waals surface area (Å²) in [5, 5.41) is 3.51. The fraction of sp³-hybridized carbons (Fsp3) is 0.250. The second kappa shape index (κ2) is 9.17. The maximum Gasteiger partial charge on any atom is 0.573 e. The predicted molar refractivity (Wildman–Crippen MR) is 108 cm³/mol. The number of hydrogen-bond acceptors (Lipinski definition) is 6. The molecule has 0 bridgehead atoms. The van der Waals surface area contributed by atoms with Crippen molar-refractivity contribution in [2.24, 2.45) is 0 Å². The molecule has 0 saturated heterocycles. The average Bonchev–Trinajstić information content (AvgIpc) is 2.59. The summed E-state index contributed by atoms with van der Waals surface area (Å²) in [6.45, 7) is 5.22. The first-order valence-corrected chi connectivity index (χ1v) is 8.72. The topological polar surface area (TPSA) is 73.3 Å². The standard InChI is InChI=1S/C20H18F3N3O3.ClH/c1-11(2)28-19(27)16-10-24-18-15(8-7-12(3)25-18)17(16)26-13-5-4-6-14(9-13)29-20(21,22)23;/h4-11H,1-3H3,(H,24,25,26);1H. The fourth-order valence-corrected chi connectivity index (χ4v) is 2.65. The summed E-state index contributed by atoms with van der Waals surface area (Å²) in [6, 6.07) is 8.79. The van der Waals surface area contributed by atoms with Crippen LogP contribution >= 0.6 is 12.4 Å². The van der Waals surface area contributed by atoms with Crippen LogP contribution in [0.25, 0.3) is 11.0 Å². The molecule has 0 aliphatic heterocycles. The summed E-state index contributed by atoms with van der Waals surface area (Å²) in [5.41, 5.74) is 1.88. The number of anilines is 2. The lowest BCUT2D eigenvalue weighted by Crippen LogP contribution is -2.17. The minimum atomic E-state index is -4.81. The zero-order valence-corrected chi connectivity index (χ0v) is 17.1. The minimum Gasteiger partial charge on any atom is -0.459 e. The molecule has 3 aromatic rings. The lowest BCUT2D eigenvalue weighted by molar-refractivity contribution is -0.274. The molecule has 0 saturated carbocycles. The van der Waals surface area contributed by atoms with Crippen LogP contribution in [0.1, 0.15) is 29.9 Å². The number of esters is 1. The van der Waals surface area contributed by atoms with Gasteiger partial charge in [-0.2, -0.15) is 0 Å². The summed E-state index contributed by atoms with van der Waals surface area (Å²) in [6.07, 6.45) is -3.83. The third-order valence-electron chi connectivity index (χ3n) is 3.77. The third-order valence-corrected chi connectivity index (χ3v) is 3.77. The number of fused-ring (bicyclic) bond motifs is 1. The molecule has 0 radical (unpaired) electrons. The van der Waals surface area contributed by atoms with Gasteiger partial charge in [-0.1, -0.05) is 6.07 Å². The highest BCUT2D eigenvalue weighted by molar-refractivity contribution is 6.05. The van der Waals surface area contributed by atoms with Gasteiger partial charge < -0.3 is 14.8 Å². The quantitative estimate of drug-likeness (QED) is 0.522. The lowest BCUT2D eigenvalue weighted by atomic mass is 10.1. The van der Waals surface area contributed by atoms with Gasteiger partial charge in [0.25, 0.3) is 0 Å². The number of halogens is 4. The van der Waals surface area contributed by atoms with Crippen molar-refractivity contribution in [1.29, 1.82) is 0 Å². The number of alkyl halides is 3. The number of nitrogens with zero attached hydrogens (tertiary/aromatic N) is 2. The molecule has 10 heteroatoms. The Hall–Kier alpha value is -3.07. The van der Waals surface area contributed by atoms with Gasteiger partial charge in [0.1, 0.15) is 11.3 Å². The van der Waals surface area contributed by atoms with E-state index in [0.717, 1.165) is 5.69 Å². The lowest BCUT2D eigenvalue weighted by Gasteiger charge is -2.16. The molecular formula is C20H19ClF3N3O3.